The van der Waals surface area contributed by atoms with Gasteiger partial charge in [-0.2, -0.15) is 0 Å². The number of rotatable bonds is 3. The Morgan fingerprint density at radius 2 is 1.77 bits per heavy atom. The van der Waals surface area contributed by atoms with Crippen molar-refractivity contribution in [1.82, 2.24) is 15.5 Å². The molecular weight excluding hydrogens is 348 g/mol. The summed E-state index contributed by atoms with van der Waals surface area (Å²) in [7, 11) is 0. The number of aromatic nitrogens is 2. The van der Waals surface area contributed by atoms with Gasteiger partial charge in [0.2, 0.25) is 16.9 Å². The molecule has 0 radical (unpaired) electrons. The molecule has 0 spiro atoms. The Bertz CT molecular complexity index is 737. The average molecular weight is 377 g/mol. The van der Waals surface area contributed by atoms with Crippen LogP contribution >= 0.6 is 11.3 Å². The van der Waals surface area contributed by atoms with E-state index in [-0.39, 0.29) is 28.2 Å². The quantitative estimate of drug-likeness (QED) is 0.848. The highest BCUT2D eigenvalue weighted by Crippen LogP contribution is 2.61. The highest BCUT2D eigenvalue weighted by molar-refractivity contribution is 7.15. The van der Waals surface area contributed by atoms with Crippen LogP contribution in [0.2, 0.25) is 0 Å². The monoisotopic (exact) mass is 376 g/mol. The van der Waals surface area contributed by atoms with Crippen LogP contribution in [0.5, 0.6) is 0 Å². The highest BCUT2D eigenvalue weighted by Gasteiger charge is 2.61. The molecule has 2 amide bonds. The first-order valence-corrected chi connectivity index (χ1v) is 10.4. The second-order valence-electron chi connectivity index (χ2n) is 9.82. The van der Waals surface area contributed by atoms with Gasteiger partial charge < -0.3 is 10.6 Å². The Labute approximate surface area is 158 Å². The number of nitrogens with zero attached hydrogens (tertiary/aromatic N) is 2. The molecule has 4 fully saturated rings. The van der Waals surface area contributed by atoms with E-state index >= 15 is 0 Å². The van der Waals surface area contributed by atoms with Crippen LogP contribution in [0.4, 0.5) is 5.13 Å². The molecule has 142 valence electrons. The standard InChI is InChI=1S/C19H28N4O2S/c1-11(24)21-19-8-12-5-13(9-19)7-18(6-12,10-19)14(25)20-16-23-22-15(26-16)17(2,3)4/h12-13H,5-10H2,1-4H3,(H,21,24)(H,20,23,25)/t12-,13+,18?,19?. The van der Waals surface area contributed by atoms with Crippen LogP contribution in [-0.4, -0.2) is 27.6 Å². The van der Waals surface area contributed by atoms with Crippen molar-refractivity contribution >= 4 is 28.3 Å². The molecular formula is C19H28N4O2S. The van der Waals surface area contributed by atoms with Crippen molar-refractivity contribution in [3.8, 4) is 0 Å². The molecule has 4 aliphatic carbocycles. The first-order chi connectivity index (χ1) is 12.1. The smallest absolute Gasteiger partial charge is 0.232 e. The van der Waals surface area contributed by atoms with Crippen molar-refractivity contribution in [2.24, 2.45) is 17.3 Å². The zero-order valence-corrected chi connectivity index (χ0v) is 16.8. The number of hydrogen-bond donors (Lipinski definition) is 2. The van der Waals surface area contributed by atoms with Crippen molar-refractivity contribution < 1.29 is 9.59 Å². The summed E-state index contributed by atoms with van der Waals surface area (Å²) in [6.07, 6.45) is 5.85. The average Bonchev–Trinajstić information content (AvgIpc) is 2.92. The van der Waals surface area contributed by atoms with E-state index in [1.54, 1.807) is 6.92 Å². The first kappa shape index (κ1) is 17.9. The molecule has 1 heterocycles. The maximum absolute atomic E-state index is 13.3. The summed E-state index contributed by atoms with van der Waals surface area (Å²) in [5, 5.41) is 16.2. The summed E-state index contributed by atoms with van der Waals surface area (Å²) in [6, 6.07) is 0. The van der Waals surface area contributed by atoms with Gasteiger partial charge in [-0.25, -0.2) is 0 Å². The molecule has 0 aliphatic heterocycles. The maximum Gasteiger partial charge on any atom is 0.232 e. The normalized spacial score (nSPS) is 35.4. The first-order valence-electron chi connectivity index (χ1n) is 9.53. The van der Waals surface area contributed by atoms with E-state index < -0.39 is 0 Å². The van der Waals surface area contributed by atoms with E-state index in [4.69, 9.17) is 0 Å². The molecule has 5 rings (SSSR count). The number of nitrogens with one attached hydrogen (secondary N) is 2. The molecule has 4 bridgehead atoms. The summed E-state index contributed by atoms with van der Waals surface area (Å²) in [5.41, 5.74) is -0.637. The zero-order valence-electron chi connectivity index (χ0n) is 16.0. The van der Waals surface area contributed by atoms with Crippen molar-refractivity contribution in [2.75, 3.05) is 5.32 Å². The Kier molecular flexibility index (Phi) is 3.95. The predicted octanol–water partition coefficient (Wildman–Crippen LogP) is 3.25. The van der Waals surface area contributed by atoms with Crippen LogP contribution < -0.4 is 10.6 Å². The molecule has 4 atom stereocenters. The minimum absolute atomic E-state index is 0.0152. The van der Waals surface area contributed by atoms with Gasteiger partial charge in [0.1, 0.15) is 5.01 Å². The van der Waals surface area contributed by atoms with Gasteiger partial charge in [-0.3, -0.25) is 9.59 Å². The molecule has 7 heteroatoms. The van der Waals surface area contributed by atoms with Crippen LogP contribution in [0.3, 0.4) is 0 Å². The van der Waals surface area contributed by atoms with Gasteiger partial charge in [0, 0.05) is 17.9 Å². The molecule has 0 aromatic carbocycles. The van der Waals surface area contributed by atoms with E-state index in [0.29, 0.717) is 17.0 Å². The Hall–Kier alpha value is -1.50. The lowest BCUT2D eigenvalue weighted by Crippen LogP contribution is -2.65. The van der Waals surface area contributed by atoms with Crippen molar-refractivity contribution in [2.45, 2.75) is 77.2 Å². The van der Waals surface area contributed by atoms with E-state index in [1.807, 2.05) is 0 Å². The summed E-state index contributed by atoms with van der Waals surface area (Å²) in [6.45, 7) is 7.86. The SMILES string of the molecule is CC(=O)NC12C[C@H]3C[C@@H](C1)CC(C(=O)Nc1nnc(C(C)(C)C)s1)(C3)C2. The third-order valence-electron chi connectivity index (χ3n) is 6.27. The zero-order chi connectivity index (χ0) is 18.7. The Morgan fingerprint density at radius 1 is 1.12 bits per heavy atom. The lowest BCUT2D eigenvalue weighted by Gasteiger charge is -2.61. The van der Waals surface area contributed by atoms with Gasteiger partial charge in [0.15, 0.2) is 0 Å². The molecule has 1 aromatic heterocycles. The van der Waals surface area contributed by atoms with Crippen LogP contribution in [0.25, 0.3) is 0 Å². The van der Waals surface area contributed by atoms with Gasteiger partial charge in [0.05, 0.1) is 5.41 Å². The van der Waals surface area contributed by atoms with Crippen LogP contribution in [-0.2, 0) is 15.0 Å². The third-order valence-corrected chi connectivity index (χ3v) is 7.54. The minimum atomic E-state index is -0.375. The molecule has 1 aromatic rings. The molecule has 4 saturated carbocycles. The number of carbonyl (C=O) groups is 2. The second-order valence-corrected chi connectivity index (χ2v) is 10.8. The van der Waals surface area contributed by atoms with Crippen LogP contribution in [0.15, 0.2) is 0 Å². The van der Waals surface area contributed by atoms with Crippen LogP contribution in [0.1, 0.15) is 71.2 Å². The van der Waals surface area contributed by atoms with Gasteiger partial charge in [-0.15, -0.1) is 10.2 Å². The van der Waals surface area contributed by atoms with E-state index in [2.05, 4.69) is 41.6 Å². The Balaban J connectivity index is 1.55. The molecule has 2 N–H and O–H groups in total. The minimum Gasteiger partial charge on any atom is -0.351 e. The Morgan fingerprint density at radius 3 is 2.31 bits per heavy atom. The number of anilines is 1. The van der Waals surface area contributed by atoms with Crippen molar-refractivity contribution in [3.05, 3.63) is 5.01 Å². The third kappa shape index (κ3) is 3.04. The lowest BCUT2D eigenvalue weighted by atomic mass is 9.46. The largest absolute Gasteiger partial charge is 0.351 e. The van der Waals surface area contributed by atoms with Crippen molar-refractivity contribution in [1.29, 1.82) is 0 Å². The molecule has 4 aliphatic rings. The lowest BCUT2D eigenvalue weighted by molar-refractivity contribution is -0.148. The summed E-state index contributed by atoms with van der Waals surface area (Å²) in [4.78, 5) is 25.0. The summed E-state index contributed by atoms with van der Waals surface area (Å²) in [5.74, 6) is 1.15. The summed E-state index contributed by atoms with van der Waals surface area (Å²) < 4.78 is 0. The van der Waals surface area contributed by atoms with E-state index in [1.165, 1.54) is 17.8 Å². The van der Waals surface area contributed by atoms with E-state index in [9.17, 15) is 9.59 Å². The van der Waals surface area contributed by atoms with Gasteiger partial charge in [-0.1, -0.05) is 32.1 Å². The van der Waals surface area contributed by atoms with Crippen molar-refractivity contribution in [3.63, 3.8) is 0 Å². The van der Waals surface area contributed by atoms with Gasteiger partial charge in [0.25, 0.3) is 0 Å². The maximum atomic E-state index is 13.3. The van der Waals surface area contributed by atoms with E-state index in [0.717, 1.165) is 37.1 Å². The topological polar surface area (TPSA) is 84.0 Å². The number of carbonyl (C=O) groups excluding carboxylic acids is 2. The fourth-order valence-electron chi connectivity index (χ4n) is 5.85. The second kappa shape index (κ2) is 5.75. The molecule has 0 saturated heterocycles. The fraction of sp³-hybridized carbons (Fsp3) is 0.789. The molecule has 26 heavy (non-hydrogen) atoms. The molecule has 6 nitrogen and oxygen atoms in total. The fourth-order valence-corrected chi connectivity index (χ4v) is 6.65. The van der Waals surface area contributed by atoms with Gasteiger partial charge in [-0.05, 0) is 50.4 Å². The highest BCUT2D eigenvalue weighted by atomic mass is 32.1. The predicted molar refractivity (Wildman–Crippen MR) is 101 cm³/mol. The number of hydrogen-bond acceptors (Lipinski definition) is 5. The van der Waals surface area contributed by atoms with Crippen LogP contribution in [0, 0.1) is 17.3 Å². The number of amides is 2. The van der Waals surface area contributed by atoms with Gasteiger partial charge >= 0.3 is 0 Å². The molecule has 2 unspecified atom stereocenters. The summed E-state index contributed by atoms with van der Waals surface area (Å²) >= 11 is 1.46.